The predicted octanol–water partition coefficient (Wildman–Crippen LogP) is 4.05. The molecule has 3 aromatic rings. The minimum atomic E-state index is -4.08. The van der Waals surface area contributed by atoms with E-state index in [9.17, 15) is 21.6 Å². The minimum absolute atomic E-state index is 0.0230. The van der Waals surface area contributed by atoms with E-state index in [1.54, 1.807) is 39.8 Å². The van der Waals surface area contributed by atoms with Crippen LogP contribution >= 0.6 is 0 Å². The molecule has 0 aliphatic heterocycles. The molecule has 11 heteroatoms. The fourth-order valence-corrected chi connectivity index (χ4v) is 5.74. The van der Waals surface area contributed by atoms with Gasteiger partial charge in [0.1, 0.15) is 5.75 Å². The summed E-state index contributed by atoms with van der Waals surface area (Å²) < 4.78 is 61.9. The van der Waals surface area contributed by atoms with Crippen LogP contribution in [0.15, 0.2) is 70.5 Å². The molecule has 0 bridgehead atoms. The van der Waals surface area contributed by atoms with Gasteiger partial charge < -0.3 is 10.1 Å². The van der Waals surface area contributed by atoms with Gasteiger partial charge in [-0.15, -0.1) is 0 Å². The van der Waals surface area contributed by atoms with Gasteiger partial charge in [0, 0.05) is 11.7 Å². The fraction of sp³-hybridized carbons (Fsp3) is 0.240. The lowest BCUT2D eigenvalue weighted by Gasteiger charge is -2.15. The molecule has 0 fully saturated rings. The number of methoxy groups -OCH3 is 1. The molecule has 0 aliphatic carbocycles. The van der Waals surface area contributed by atoms with Crippen molar-refractivity contribution in [2.45, 2.75) is 43.5 Å². The van der Waals surface area contributed by atoms with Gasteiger partial charge >= 0.3 is 0 Å². The molecule has 0 atom stereocenters. The third-order valence-electron chi connectivity index (χ3n) is 5.28. The highest BCUT2D eigenvalue weighted by Gasteiger charge is 2.21. The number of hydrogen-bond donors (Lipinski definition) is 3. The smallest absolute Gasteiger partial charge is 0.261 e. The van der Waals surface area contributed by atoms with E-state index in [1.807, 2.05) is 6.07 Å². The largest absolute Gasteiger partial charge is 0.496 e. The number of hydrogen-bond acceptors (Lipinski definition) is 6. The Morgan fingerprint density at radius 3 is 1.92 bits per heavy atom. The Morgan fingerprint density at radius 1 is 0.806 bits per heavy atom. The first kappa shape index (κ1) is 27.0. The molecule has 0 spiro atoms. The summed E-state index contributed by atoms with van der Waals surface area (Å²) in [6, 6.07) is 14.6. The highest BCUT2D eigenvalue weighted by molar-refractivity contribution is 7.93. The first-order valence-corrected chi connectivity index (χ1v) is 14.0. The average Bonchev–Trinajstić information content (AvgIpc) is 2.80. The third kappa shape index (κ3) is 6.16. The number of rotatable bonds is 9. The Balaban J connectivity index is 1.84. The molecule has 0 saturated heterocycles. The molecule has 3 rings (SSSR count). The molecule has 0 aromatic heterocycles. The van der Waals surface area contributed by atoms with Crippen molar-refractivity contribution in [3.8, 4) is 5.75 Å². The zero-order chi connectivity index (χ0) is 26.7. The van der Waals surface area contributed by atoms with E-state index in [2.05, 4.69) is 14.8 Å². The van der Waals surface area contributed by atoms with Gasteiger partial charge in [-0.2, -0.15) is 0 Å². The second-order valence-electron chi connectivity index (χ2n) is 8.49. The van der Waals surface area contributed by atoms with E-state index in [1.165, 1.54) is 49.6 Å². The van der Waals surface area contributed by atoms with Gasteiger partial charge in [-0.1, -0.05) is 18.2 Å². The number of ether oxygens (including phenoxy) is 1. The predicted molar refractivity (Wildman–Crippen MR) is 140 cm³/mol. The highest BCUT2D eigenvalue weighted by atomic mass is 32.2. The van der Waals surface area contributed by atoms with Crippen LogP contribution < -0.4 is 19.5 Å². The molecule has 0 heterocycles. The van der Waals surface area contributed by atoms with Gasteiger partial charge in [0.05, 0.1) is 28.2 Å². The number of anilines is 2. The molecule has 3 aromatic carbocycles. The van der Waals surface area contributed by atoms with E-state index in [0.29, 0.717) is 5.69 Å². The third-order valence-corrected chi connectivity index (χ3v) is 8.02. The molecule has 0 radical (unpaired) electrons. The van der Waals surface area contributed by atoms with Gasteiger partial charge in [-0.05, 0) is 81.3 Å². The van der Waals surface area contributed by atoms with E-state index in [4.69, 9.17) is 4.74 Å². The maximum Gasteiger partial charge on any atom is 0.261 e. The summed E-state index contributed by atoms with van der Waals surface area (Å²) in [4.78, 5) is 12.3. The molecule has 192 valence electrons. The van der Waals surface area contributed by atoms with Crippen molar-refractivity contribution in [2.24, 2.45) is 0 Å². The molecule has 0 saturated carbocycles. The lowest BCUT2D eigenvalue weighted by atomic mass is 10.1. The first-order chi connectivity index (χ1) is 16.8. The van der Waals surface area contributed by atoms with E-state index in [-0.39, 0.29) is 32.8 Å². The highest BCUT2D eigenvalue weighted by Crippen LogP contribution is 2.26. The summed E-state index contributed by atoms with van der Waals surface area (Å²) in [6.45, 7) is 7.18. The van der Waals surface area contributed by atoms with E-state index >= 15 is 0 Å². The Labute approximate surface area is 212 Å². The monoisotopic (exact) mass is 531 g/mol. The zero-order valence-corrected chi connectivity index (χ0v) is 22.2. The van der Waals surface area contributed by atoms with Crippen molar-refractivity contribution in [1.82, 2.24) is 5.32 Å². The van der Waals surface area contributed by atoms with Crippen molar-refractivity contribution in [2.75, 3.05) is 16.6 Å². The standard InChI is InChI=1S/C25H29N3O6S2/c1-16(2)26-25(29)22-15-21(13-14-23(22)34-5)36(32,33)27-19-9-11-20(12-10-19)35(30,31)28-24-17(3)7-6-8-18(24)4/h6-16,27-28H,1-5H3,(H,26,29). The van der Waals surface area contributed by atoms with Crippen LogP contribution in [-0.2, 0) is 20.0 Å². The van der Waals surface area contributed by atoms with Crippen LogP contribution in [0, 0.1) is 13.8 Å². The lowest BCUT2D eigenvalue weighted by Crippen LogP contribution is -2.30. The second-order valence-corrected chi connectivity index (χ2v) is 11.9. The summed E-state index contributed by atoms with van der Waals surface area (Å²) in [5.41, 5.74) is 2.30. The van der Waals surface area contributed by atoms with E-state index < -0.39 is 26.0 Å². The Hall–Kier alpha value is -3.57. The van der Waals surface area contributed by atoms with E-state index in [0.717, 1.165) is 11.1 Å². The SMILES string of the molecule is COc1ccc(S(=O)(=O)Nc2ccc(S(=O)(=O)Nc3c(C)cccc3C)cc2)cc1C(=O)NC(C)C. The zero-order valence-electron chi connectivity index (χ0n) is 20.6. The minimum Gasteiger partial charge on any atom is -0.496 e. The molecule has 36 heavy (non-hydrogen) atoms. The Kier molecular flexibility index (Phi) is 7.95. The molecule has 0 aliphatic rings. The number of carbonyl (C=O) groups excluding carboxylic acids is 1. The average molecular weight is 532 g/mol. The van der Waals surface area contributed by atoms with Crippen molar-refractivity contribution in [3.05, 3.63) is 77.4 Å². The van der Waals surface area contributed by atoms with Gasteiger partial charge in [0.15, 0.2) is 0 Å². The number of aryl methyl sites for hydroxylation is 2. The summed E-state index contributed by atoms with van der Waals surface area (Å²) in [5.74, 6) is -0.233. The summed E-state index contributed by atoms with van der Waals surface area (Å²) in [5, 5.41) is 2.71. The normalized spacial score (nSPS) is 11.7. The van der Waals surface area contributed by atoms with Gasteiger partial charge in [-0.3, -0.25) is 14.2 Å². The van der Waals surface area contributed by atoms with Crippen molar-refractivity contribution in [1.29, 1.82) is 0 Å². The summed E-state index contributed by atoms with van der Waals surface area (Å²) in [6.07, 6.45) is 0. The molecule has 1 amide bonds. The summed E-state index contributed by atoms with van der Waals surface area (Å²) in [7, 11) is -6.58. The molecule has 9 nitrogen and oxygen atoms in total. The number of para-hydroxylation sites is 1. The van der Waals surface area contributed by atoms with Crippen molar-refractivity contribution < 1.29 is 26.4 Å². The van der Waals surface area contributed by atoms with Crippen LogP contribution in [0.5, 0.6) is 5.75 Å². The van der Waals surface area contributed by atoms with Crippen LogP contribution in [0.25, 0.3) is 0 Å². The van der Waals surface area contributed by atoms with Crippen LogP contribution in [0.2, 0.25) is 0 Å². The van der Waals surface area contributed by atoms with Crippen LogP contribution in [0.4, 0.5) is 11.4 Å². The van der Waals surface area contributed by atoms with Crippen molar-refractivity contribution in [3.63, 3.8) is 0 Å². The fourth-order valence-electron chi connectivity index (χ4n) is 3.46. The van der Waals surface area contributed by atoms with Crippen LogP contribution in [-0.4, -0.2) is 35.9 Å². The second kappa shape index (κ2) is 10.6. The molecule has 0 unspecified atom stereocenters. The molecular weight excluding hydrogens is 502 g/mol. The summed E-state index contributed by atoms with van der Waals surface area (Å²) >= 11 is 0. The Bertz CT molecular complexity index is 1460. The molecule has 3 N–H and O–H groups in total. The maximum atomic E-state index is 13.0. The topological polar surface area (TPSA) is 131 Å². The van der Waals surface area contributed by atoms with Crippen LogP contribution in [0.3, 0.4) is 0 Å². The van der Waals surface area contributed by atoms with Gasteiger partial charge in [-0.25, -0.2) is 16.8 Å². The number of benzene rings is 3. The number of amides is 1. The van der Waals surface area contributed by atoms with Gasteiger partial charge in [0.25, 0.3) is 26.0 Å². The number of carbonyl (C=O) groups is 1. The number of sulfonamides is 2. The molecular formula is C25H29N3O6S2. The Morgan fingerprint density at radius 2 is 1.36 bits per heavy atom. The quantitative estimate of drug-likeness (QED) is 0.382. The lowest BCUT2D eigenvalue weighted by molar-refractivity contribution is 0.0940. The maximum absolute atomic E-state index is 13.0. The first-order valence-electron chi connectivity index (χ1n) is 11.0. The van der Waals surface area contributed by atoms with Crippen molar-refractivity contribution >= 4 is 37.3 Å². The number of nitrogens with one attached hydrogen (secondary N) is 3. The van der Waals surface area contributed by atoms with Crippen LogP contribution in [0.1, 0.15) is 35.3 Å². The van der Waals surface area contributed by atoms with Gasteiger partial charge in [0.2, 0.25) is 0 Å².